The Morgan fingerprint density at radius 2 is 2.12 bits per heavy atom. The van der Waals surface area contributed by atoms with E-state index in [0.717, 1.165) is 6.42 Å². The van der Waals surface area contributed by atoms with Crippen LogP contribution in [0.1, 0.15) is 33.6 Å². The lowest BCUT2D eigenvalue weighted by Crippen LogP contribution is -2.51. The van der Waals surface area contributed by atoms with Gasteiger partial charge >= 0.3 is 5.97 Å². The molecule has 17 heavy (non-hydrogen) atoms. The van der Waals surface area contributed by atoms with Gasteiger partial charge in [0.2, 0.25) is 5.91 Å². The smallest absolute Gasteiger partial charge is 0.326 e. The third kappa shape index (κ3) is 2.44. The Morgan fingerprint density at radius 1 is 1.53 bits per heavy atom. The number of carboxylic acids is 1. The standard InChI is InChI=1S/C12H22N2O3/c1-4-12(3,7-13)11(17)14-6-5-8(2)9(14)10(15)16/h8-9H,4-7,13H2,1-3H3,(H,15,16). The number of nitrogens with two attached hydrogens (primary N) is 1. The summed E-state index contributed by atoms with van der Waals surface area (Å²) < 4.78 is 0. The van der Waals surface area contributed by atoms with Crippen molar-refractivity contribution in [2.24, 2.45) is 17.1 Å². The average molecular weight is 242 g/mol. The molecular weight excluding hydrogens is 220 g/mol. The minimum absolute atomic E-state index is 0.00957. The van der Waals surface area contributed by atoms with Crippen molar-refractivity contribution in [3.63, 3.8) is 0 Å². The topological polar surface area (TPSA) is 83.6 Å². The van der Waals surface area contributed by atoms with Crippen LogP contribution < -0.4 is 5.73 Å². The molecule has 1 fully saturated rings. The lowest BCUT2D eigenvalue weighted by molar-refractivity contribution is -0.153. The van der Waals surface area contributed by atoms with Gasteiger partial charge in [-0.3, -0.25) is 4.79 Å². The molecule has 5 nitrogen and oxygen atoms in total. The highest BCUT2D eigenvalue weighted by Gasteiger charge is 2.44. The molecule has 1 aliphatic rings. The minimum atomic E-state index is -0.918. The number of rotatable bonds is 4. The quantitative estimate of drug-likeness (QED) is 0.759. The van der Waals surface area contributed by atoms with Crippen molar-refractivity contribution in [1.82, 2.24) is 4.90 Å². The molecule has 0 saturated carbocycles. The molecule has 0 aromatic heterocycles. The zero-order chi connectivity index (χ0) is 13.2. The van der Waals surface area contributed by atoms with Crippen molar-refractivity contribution in [3.8, 4) is 0 Å². The number of aliphatic carboxylic acids is 1. The number of carbonyl (C=O) groups excluding carboxylic acids is 1. The van der Waals surface area contributed by atoms with E-state index in [1.165, 1.54) is 4.90 Å². The second kappa shape index (κ2) is 5.04. The number of nitrogens with zero attached hydrogens (tertiary/aromatic N) is 1. The van der Waals surface area contributed by atoms with Gasteiger partial charge < -0.3 is 15.7 Å². The van der Waals surface area contributed by atoms with Crippen molar-refractivity contribution in [2.45, 2.75) is 39.7 Å². The summed E-state index contributed by atoms with van der Waals surface area (Å²) in [5, 5.41) is 9.19. The van der Waals surface area contributed by atoms with Crippen molar-refractivity contribution >= 4 is 11.9 Å². The molecule has 1 heterocycles. The first kappa shape index (κ1) is 14.0. The highest BCUT2D eigenvalue weighted by molar-refractivity contribution is 5.88. The summed E-state index contributed by atoms with van der Waals surface area (Å²) in [6, 6.07) is -0.695. The molecule has 5 heteroatoms. The van der Waals surface area contributed by atoms with Crippen molar-refractivity contribution in [3.05, 3.63) is 0 Å². The van der Waals surface area contributed by atoms with Crippen LogP contribution in [0.25, 0.3) is 0 Å². The van der Waals surface area contributed by atoms with Crippen LogP contribution in [0.5, 0.6) is 0 Å². The summed E-state index contributed by atoms with van der Waals surface area (Å²) in [5.41, 5.74) is 5.01. The summed E-state index contributed by atoms with van der Waals surface area (Å²) in [4.78, 5) is 25.1. The molecule has 1 saturated heterocycles. The third-order valence-electron chi connectivity index (χ3n) is 3.96. The molecule has 0 spiro atoms. The number of hydrogen-bond acceptors (Lipinski definition) is 3. The molecular formula is C12H22N2O3. The van der Waals surface area contributed by atoms with Crippen LogP contribution in [0.2, 0.25) is 0 Å². The van der Waals surface area contributed by atoms with Gasteiger partial charge in [0.05, 0.1) is 5.41 Å². The van der Waals surface area contributed by atoms with Crippen molar-refractivity contribution in [1.29, 1.82) is 0 Å². The molecule has 98 valence electrons. The molecule has 0 bridgehead atoms. The van der Waals surface area contributed by atoms with Crippen molar-refractivity contribution < 1.29 is 14.7 Å². The van der Waals surface area contributed by atoms with E-state index < -0.39 is 17.4 Å². The van der Waals surface area contributed by atoms with Gasteiger partial charge in [-0.2, -0.15) is 0 Å². The SMILES string of the molecule is CCC(C)(CN)C(=O)N1CCC(C)C1C(=O)O. The van der Waals surface area contributed by atoms with Gasteiger partial charge in [-0.25, -0.2) is 4.79 Å². The molecule has 0 aromatic carbocycles. The van der Waals surface area contributed by atoms with Gasteiger partial charge in [-0.05, 0) is 25.7 Å². The van der Waals surface area contributed by atoms with Crippen LogP contribution in [-0.2, 0) is 9.59 Å². The molecule has 3 unspecified atom stereocenters. The molecule has 1 aliphatic heterocycles. The first-order valence-corrected chi connectivity index (χ1v) is 6.11. The number of carboxylic acid groups (broad SMARTS) is 1. The van der Waals surface area contributed by atoms with Crippen LogP contribution in [0.15, 0.2) is 0 Å². The zero-order valence-corrected chi connectivity index (χ0v) is 10.8. The molecule has 1 rings (SSSR count). The molecule has 3 N–H and O–H groups in total. The second-order valence-electron chi connectivity index (χ2n) is 5.17. The van der Waals surface area contributed by atoms with Gasteiger partial charge in [0.1, 0.15) is 6.04 Å². The van der Waals surface area contributed by atoms with Gasteiger partial charge in [-0.1, -0.05) is 13.8 Å². The number of likely N-dealkylation sites (tertiary alicyclic amines) is 1. The summed E-state index contributed by atoms with van der Waals surface area (Å²) in [5.74, 6) is -1.03. The van der Waals surface area contributed by atoms with E-state index in [1.807, 2.05) is 13.8 Å². The molecule has 0 aliphatic carbocycles. The van der Waals surface area contributed by atoms with Crippen LogP contribution >= 0.6 is 0 Å². The van der Waals surface area contributed by atoms with E-state index in [4.69, 9.17) is 5.73 Å². The molecule has 1 amide bonds. The van der Waals surface area contributed by atoms with E-state index in [0.29, 0.717) is 13.0 Å². The van der Waals surface area contributed by atoms with E-state index >= 15 is 0 Å². The van der Waals surface area contributed by atoms with Crippen LogP contribution in [0.3, 0.4) is 0 Å². The monoisotopic (exact) mass is 242 g/mol. The van der Waals surface area contributed by atoms with E-state index in [1.54, 1.807) is 6.92 Å². The number of hydrogen-bond donors (Lipinski definition) is 2. The fraction of sp³-hybridized carbons (Fsp3) is 0.833. The Morgan fingerprint density at radius 3 is 2.53 bits per heavy atom. The Kier molecular flexibility index (Phi) is 4.14. The van der Waals surface area contributed by atoms with Crippen LogP contribution in [0, 0.1) is 11.3 Å². The summed E-state index contributed by atoms with van der Waals surface area (Å²) in [6.45, 7) is 6.35. The average Bonchev–Trinajstić information content (AvgIpc) is 2.69. The maximum absolute atomic E-state index is 12.4. The van der Waals surface area contributed by atoms with Crippen LogP contribution in [-0.4, -0.2) is 41.0 Å². The zero-order valence-electron chi connectivity index (χ0n) is 10.8. The molecule has 0 aromatic rings. The summed E-state index contributed by atoms with van der Waals surface area (Å²) in [6.07, 6.45) is 1.37. The van der Waals surface area contributed by atoms with Crippen molar-refractivity contribution in [2.75, 3.05) is 13.1 Å². The van der Waals surface area contributed by atoms with Gasteiger partial charge in [-0.15, -0.1) is 0 Å². The fourth-order valence-corrected chi connectivity index (χ4v) is 2.28. The first-order chi connectivity index (χ1) is 7.87. The first-order valence-electron chi connectivity index (χ1n) is 6.11. The largest absolute Gasteiger partial charge is 0.480 e. The number of carbonyl (C=O) groups is 2. The molecule has 0 radical (unpaired) electrons. The van der Waals surface area contributed by atoms with E-state index in [-0.39, 0.29) is 18.4 Å². The van der Waals surface area contributed by atoms with E-state index in [9.17, 15) is 14.7 Å². The molecule has 3 atom stereocenters. The Balaban J connectivity index is 2.92. The lowest BCUT2D eigenvalue weighted by atomic mass is 9.85. The maximum atomic E-state index is 12.4. The second-order valence-corrected chi connectivity index (χ2v) is 5.17. The summed E-state index contributed by atoms with van der Waals surface area (Å²) >= 11 is 0. The van der Waals surface area contributed by atoms with E-state index in [2.05, 4.69) is 0 Å². The Labute approximate surface area is 102 Å². The normalized spacial score (nSPS) is 27.9. The van der Waals surface area contributed by atoms with Gasteiger partial charge in [0.15, 0.2) is 0 Å². The predicted octanol–water partition coefficient (Wildman–Crippen LogP) is 0.683. The van der Waals surface area contributed by atoms with Crippen LogP contribution in [0.4, 0.5) is 0 Å². The Bertz CT molecular complexity index is 313. The van der Waals surface area contributed by atoms with Gasteiger partial charge in [0.25, 0.3) is 0 Å². The fourth-order valence-electron chi connectivity index (χ4n) is 2.28. The minimum Gasteiger partial charge on any atom is -0.480 e. The highest BCUT2D eigenvalue weighted by atomic mass is 16.4. The maximum Gasteiger partial charge on any atom is 0.326 e. The number of amides is 1. The summed E-state index contributed by atoms with van der Waals surface area (Å²) in [7, 11) is 0. The third-order valence-corrected chi connectivity index (χ3v) is 3.96. The van der Waals surface area contributed by atoms with Gasteiger partial charge in [0, 0.05) is 13.1 Å². The lowest BCUT2D eigenvalue weighted by Gasteiger charge is -2.33. The predicted molar refractivity (Wildman–Crippen MR) is 64.4 cm³/mol. The highest BCUT2D eigenvalue weighted by Crippen LogP contribution is 2.30. The Hall–Kier alpha value is -1.10.